The Balaban J connectivity index is 1.97. The molecule has 0 saturated carbocycles. The number of aromatic amines is 1. The Bertz CT molecular complexity index is 944. The van der Waals surface area contributed by atoms with Gasteiger partial charge in [0.15, 0.2) is 0 Å². The lowest BCUT2D eigenvalue weighted by molar-refractivity contribution is -0.137. The van der Waals surface area contributed by atoms with E-state index in [4.69, 9.17) is 14.4 Å². The molecule has 0 unspecified atom stereocenters. The zero-order valence-corrected chi connectivity index (χ0v) is 12.9. The van der Waals surface area contributed by atoms with Gasteiger partial charge in [-0.05, 0) is 31.2 Å². The number of rotatable bonds is 6. The number of fused-ring (bicyclic) bond motifs is 1. The molecule has 0 aliphatic rings. The Morgan fingerprint density at radius 2 is 2.21 bits per heavy atom. The van der Waals surface area contributed by atoms with Gasteiger partial charge in [0.25, 0.3) is 5.56 Å². The van der Waals surface area contributed by atoms with E-state index in [1.807, 2.05) is 13.0 Å². The molecule has 1 aromatic carbocycles. The summed E-state index contributed by atoms with van der Waals surface area (Å²) >= 11 is 0. The van der Waals surface area contributed by atoms with Gasteiger partial charge in [-0.2, -0.15) is 4.98 Å². The first-order valence-electron chi connectivity index (χ1n) is 7.41. The second-order valence-electron chi connectivity index (χ2n) is 5.10. The summed E-state index contributed by atoms with van der Waals surface area (Å²) in [7, 11) is 0. The van der Waals surface area contributed by atoms with E-state index in [2.05, 4.69) is 15.1 Å². The first kappa shape index (κ1) is 15.7. The van der Waals surface area contributed by atoms with E-state index in [0.29, 0.717) is 17.9 Å². The van der Waals surface area contributed by atoms with Crippen LogP contribution in [0.1, 0.15) is 19.2 Å². The maximum Gasteiger partial charge on any atom is 0.303 e. The van der Waals surface area contributed by atoms with Crippen molar-refractivity contribution in [3.05, 3.63) is 40.5 Å². The quantitative estimate of drug-likeness (QED) is 0.710. The second kappa shape index (κ2) is 6.53. The van der Waals surface area contributed by atoms with E-state index < -0.39 is 5.97 Å². The number of carbonyl (C=O) groups is 1. The van der Waals surface area contributed by atoms with Crippen molar-refractivity contribution in [2.75, 3.05) is 6.61 Å². The monoisotopic (exact) mass is 329 g/mol. The fourth-order valence-electron chi connectivity index (χ4n) is 2.29. The molecule has 0 aliphatic carbocycles. The highest BCUT2D eigenvalue weighted by Gasteiger charge is 2.14. The topological polar surface area (TPSA) is 118 Å². The molecule has 0 fully saturated rings. The number of benzene rings is 1. The number of ether oxygens (including phenoxy) is 1. The van der Waals surface area contributed by atoms with E-state index in [1.165, 1.54) is 0 Å². The van der Waals surface area contributed by atoms with Crippen molar-refractivity contribution < 1.29 is 19.2 Å². The average Bonchev–Trinajstić information content (AvgIpc) is 3.01. The van der Waals surface area contributed by atoms with Gasteiger partial charge in [-0.25, -0.2) is 0 Å². The molecule has 0 amide bonds. The number of nitrogens with one attached hydrogen (secondary N) is 1. The van der Waals surface area contributed by atoms with Crippen LogP contribution in [0.4, 0.5) is 0 Å². The van der Waals surface area contributed by atoms with Crippen LogP contribution < -0.4 is 10.3 Å². The highest BCUT2D eigenvalue weighted by atomic mass is 16.5. The highest BCUT2D eigenvalue weighted by molar-refractivity contribution is 5.83. The number of nitrogens with zero attached hydrogens (tertiary/aromatic N) is 2. The number of aliphatic carboxylic acids is 1. The summed E-state index contributed by atoms with van der Waals surface area (Å²) in [5, 5.41) is 13.2. The largest absolute Gasteiger partial charge is 0.494 e. The van der Waals surface area contributed by atoms with Crippen LogP contribution in [0, 0.1) is 0 Å². The summed E-state index contributed by atoms with van der Waals surface area (Å²) in [6.45, 7) is 2.43. The zero-order chi connectivity index (χ0) is 17.1. The lowest BCUT2D eigenvalue weighted by Crippen LogP contribution is -2.09. The molecule has 0 aliphatic heterocycles. The second-order valence-corrected chi connectivity index (χ2v) is 5.10. The third-order valence-corrected chi connectivity index (χ3v) is 3.39. The first-order valence-corrected chi connectivity index (χ1v) is 7.41. The Morgan fingerprint density at radius 1 is 1.38 bits per heavy atom. The minimum absolute atomic E-state index is 0.113. The van der Waals surface area contributed by atoms with Crippen LogP contribution in [-0.4, -0.2) is 32.8 Å². The number of pyridine rings is 1. The summed E-state index contributed by atoms with van der Waals surface area (Å²) < 4.78 is 10.4. The lowest BCUT2D eigenvalue weighted by atomic mass is 10.1. The third kappa shape index (κ3) is 3.27. The van der Waals surface area contributed by atoms with Crippen molar-refractivity contribution in [1.29, 1.82) is 0 Å². The van der Waals surface area contributed by atoms with Crippen LogP contribution in [-0.2, 0) is 11.2 Å². The number of aryl methyl sites for hydroxylation is 1. The predicted octanol–water partition coefficient (Wildman–Crippen LogP) is 1.99. The zero-order valence-electron chi connectivity index (χ0n) is 12.9. The maximum absolute atomic E-state index is 12.2. The summed E-state index contributed by atoms with van der Waals surface area (Å²) in [5.74, 6) is 0.0373. The molecule has 24 heavy (non-hydrogen) atoms. The number of carboxylic acids is 1. The Kier molecular flexibility index (Phi) is 4.28. The summed E-state index contributed by atoms with van der Waals surface area (Å²) in [4.78, 5) is 29.6. The highest BCUT2D eigenvalue weighted by Crippen LogP contribution is 2.22. The normalized spacial score (nSPS) is 10.9. The standard InChI is InChI=1S/C16H15N3O5/c1-2-23-10-3-4-12-9(7-10)8-11(16(22)17-12)15-18-13(24-19-15)5-6-14(20)21/h3-4,7-8H,2,5-6H2,1H3,(H,17,22)(H,20,21). The van der Waals surface area contributed by atoms with Crippen LogP contribution in [0.2, 0.25) is 0 Å². The molecule has 2 aromatic heterocycles. The van der Waals surface area contributed by atoms with Gasteiger partial charge in [0, 0.05) is 17.3 Å². The van der Waals surface area contributed by atoms with Crippen molar-refractivity contribution in [3.63, 3.8) is 0 Å². The molecule has 8 heteroatoms. The number of H-pyrrole nitrogens is 1. The van der Waals surface area contributed by atoms with E-state index >= 15 is 0 Å². The van der Waals surface area contributed by atoms with Crippen molar-refractivity contribution in [2.45, 2.75) is 19.8 Å². The molecule has 0 saturated heterocycles. The molecule has 8 nitrogen and oxygen atoms in total. The van der Waals surface area contributed by atoms with Gasteiger partial charge < -0.3 is 19.4 Å². The van der Waals surface area contributed by atoms with Crippen LogP contribution in [0.5, 0.6) is 5.75 Å². The average molecular weight is 329 g/mol. The molecule has 0 atom stereocenters. The van der Waals surface area contributed by atoms with Crippen molar-refractivity contribution >= 4 is 16.9 Å². The first-order chi connectivity index (χ1) is 11.6. The van der Waals surface area contributed by atoms with Gasteiger partial charge >= 0.3 is 5.97 Å². The maximum atomic E-state index is 12.2. The van der Waals surface area contributed by atoms with Crippen LogP contribution in [0.25, 0.3) is 22.3 Å². The smallest absolute Gasteiger partial charge is 0.303 e. The van der Waals surface area contributed by atoms with Crippen molar-refractivity contribution in [3.8, 4) is 17.1 Å². The predicted molar refractivity (Wildman–Crippen MR) is 85.0 cm³/mol. The number of hydrogen-bond donors (Lipinski definition) is 2. The van der Waals surface area contributed by atoms with Gasteiger partial charge in [0.2, 0.25) is 11.7 Å². The number of carboxylic acid groups (broad SMARTS) is 1. The number of hydrogen-bond acceptors (Lipinski definition) is 6. The molecular formula is C16H15N3O5. The van der Waals surface area contributed by atoms with E-state index in [-0.39, 0.29) is 35.7 Å². The molecule has 3 rings (SSSR count). The van der Waals surface area contributed by atoms with Crippen LogP contribution in [0.15, 0.2) is 33.6 Å². The Morgan fingerprint density at radius 3 is 2.96 bits per heavy atom. The van der Waals surface area contributed by atoms with E-state index in [0.717, 1.165) is 5.39 Å². The van der Waals surface area contributed by atoms with Gasteiger partial charge in [-0.15, -0.1) is 0 Å². The summed E-state index contributed by atoms with van der Waals surface area (Å²) in [5.41, 5.74) is 0.570. The molecular weight excluding hydrogens is 314 g/mol. The Hall–Kier alpha value is -3.16. The minimum Gasteiger partial charge on any atom is -0.494 e. The van der Waals surface area contributed by atoms with E-state index in [9.17, 15) is 9.59 Å². The van der Waals surface area contributed by atoms with Crippen molar-refractivity contribution in [2.24, 2.45) is 0 Å². The Labute approximate surface area is 136 Å². The van der Waals surface area contributed by atoms with E-state index in [1.54, 1.807) is 18.2 Å². The van der Waals surface area contributed by atoms with Crippen LogP contribution >= 0.6 is 0 Å². The molecule has 2 heterocycles. The molecule has 124 valence electrons. The fraction of sp³-hybridized carbons (Fsp3) is 0.250. The summed E-state index contributed by atoms with van der Waals surface area (Å²) in [6, 6.07) is 7.01. The van der Waals surface area contributed by atoms with Gasteiger partial charge in [0.05, 0.1) is 18.6 Å². The van der Waals surface area contributed by atoms with Gasteiger partial charge in [-0.1, -0.05) is 5.16 Å². The lowest BCUT2D eigenvalue weighted by Gasteiger charge is -2.05. The van der Waals surface area contributed by atoms with Crippen LogP contribution in [0.3, 0.4) is 0 Å². The van der Waals surface area contributed by atoms with Gasteiger partial charge in [-0.3, -0.25) is 9.59 Å². The molecule has 2 N–H and O–H groups in total. The summed E-state index contributed by atoms with van der Waals surface area (Å²) in [6.07, 6.45) is -0.00423. The van der Waals surface area contributed by atoms with Gasteiger partial charge in [0.1, 0.15) is 5.75 Å². The molecule has 0 spiro atoms. The van der Waals surface area contributed by atoms with Crippen molar-refractivity contribution in [1.82, 2.24) is 15.1 Å². The minimum atomic E-state index is -0.957. The molecule has 0 radical (unpaired) electrons. The molecule has 3 aromatic rings. The molecule has 0 bridgehead atoms. The third-order valence-electron chi connectivity index (χ3n) is 3.39. The number of aromatic nitrogens is 3. The SMILES string of the molecule is CCOc1ccc2[nH]c(=O)c(-c3noc(CCC(=O)O)n3)cc2c1. The fourth-order valence-corrected chi connectivity index (χ4v) is 2.29.